The molecular weight excluding hydrogens is 436 g/mol. The second kappa shape index (κ2) is 10.0. The Morgan fingerprint density at radius 2 is 1.56 bits per heavy atom. The quantitative estimate of drug-likeness (QED) is 0.505. The molecule has 1 heterocycles. The van der Waals surface area contributed by atoms with Crippen molar-refractivity contribution < 1.29 is 23.5 Å². The zero-order valence-electron chi connectivity index (χ0n) is 18.8. The van der Waals surface area contributed by atoms with Gasteiger partial charge in [-0.1, -0.05) is 18.2 Å². The number of rotatable bonds is 5. The topological polar surface area (TPSA) is 122 Å². The highest BCUT2D eigenvalue weighted by Crippen LogP contribution is 2.29. The van der Waals surface area contributed by atoms with Crippen molar-refractivity contribution in [2.45, 2.75) is 26.2 Å². The Bertz CT molecular complexity index is 1250. The van der Waals surface area contributed by atoms with Gasteiger partial charge in [0.2, 0.25) is 0 Å². The van der Waals surface area contributed by atoms with E-state index in [2.05, 4.69) is 21.4 Å². The maximum atomic E-state index is 12.7. The molecule has 0 fully saturated rings. The molecule has 0 bridgehead atoms. The molecule has 0 saturated heterocycles. The van der Waals surface area contributed by atoms with Gasteiger partial charge in [0.25, 0.3) is 11.8 Å². The lowest BCUT2D eigenvalue weighted by molar-refractivity contribution is 0.0829. The Balaban J connectivity index is 1.46. The fourth-order valence-electron chi connectivity index (χ4n) is 3.75. The van der Waals surface area contributed by atoms with Gasteiger partial charge in [0.15, 0.2) is 5.76 Å². The number of hydrogen-bond donors (Lipinski definition) is 3. The summed E-state index contributed by atoms with van der Waals surface area (Å²) in [5.41, 5.74) is 10.2. The Labute approximate surface area is 196 Å². The number of nitrogens with one attached hydrogen (secondary N) is 3. The Kier molecular flexibility index (Phi) is 6.72. The summed E-state index contributed by atoms with van der Waals surface area (Å²) >= 11 is 0. The first-order valence-electron chi connectivity index (χ1n) is 10.8. The number of ether oxygens (including phenoxy) is 1. The van der Waals surface area contributed by atoms with E-state index in [1.165, 1.54) is 7.11 Å². The van der Waals surface area contributed by atoms with E-state index in [9.17, 15) is 14.4 Å². The normalized spacial score (nSPS) is 13.6. The number of hydrazine groups is 1. The number of benzene rings is 2. The Morgan fingerprint density at radius 3 is 2.26 bits per heavy atom. The van der Waals surface area contributed by atoms with Crippen LogP contribution in [-0.4, -0.2) is 30.5 Å². The molecule has 1 aromatic heterocycles. The van der Waals surface area contributed by atoms with E-state index in [1.54, 1.807) is 55.5 Å². The second-order valence-electron chi connectivity index (χ2n) is 7.71. The van der Waals surface area contributed by atoms with Gasteiger partial charge in [-0.2, -0.15) is 5.10 Å². The van der Waals surface area contributed by atoms with Crippen LogP contribution in [0.4, 0.5) is 0 Å². The second-order valence-corrected chi connectivity index (χ2v) is 7.71. The van der Waals surface area contributed by atoms with Crippen molar-refractivity contribution in [1.82, 2.24) is 16.3 Å². The third kappa shape index (κ3) is 4.83. The molecule has 4 rings (SSSR count). The summed E-state index contributed by atoms with van der Waals surface area (Å²) in [6.07, 6.45) is 2.06. The fourth-order valence-corrected chi connectivity index (χ4v) is 3.75. The molecule has 34 heavy (non-hydrogen) atoms. The molecule has 174 valence electrons. The van der Waals surface area contributed by atoms with Crippen LogP contribution in [0.15, 0.2) is 64.1 Å². The predicted molar refractivity (Wildman–Crippen MR) is 125 cm³/mol. The van der Waals surface area contributed by atoms with Gasteiger partial charge in [0, 0.05) is 28.7 Å². The summed E-state index contributed by atoms with van der Waals surface area (Å²) in [5, 5.41) is 4.31. The maximum Gasteiger partial charge on any atom is 0.305 e. The third-order valence-electron chi connectivity index (χ3n) is 5.50. The summed E-state index contributed by atoms with van der Waals surface area (Å²) in [5.74, 6) is -0.0419. The molecule has 3 amide bonds. The highest BCUT2D eigenvalue weighted by atomic mass is 16.5. The number of hydrazone groups is 1. The van der Waals surface area contributed by atoms with E-state index in [1.807, 2.05) is 6.07 Å². The molecule has 0 unspecified atom stereocenters. The van der Waals surface area contributed by atoms with Crippen LogP contribution in [0.1, 0.15) is 61.0 Å². The van der Waals surface area contributed by atoms with Gasteiger partial charge in [0.05, 0.1) is 12.8 Å². The van der Waals surface area contributed by atoms with Gasteiger partial charge in [-0.15, -0.1) is 0 Å². The van der Waals surface area contributed by atoms with Crippen LogP contribution in [0.2, 0.25) is 0 Å². The van der Waals surface area contributed by atoms with Gasteiger partial charge in [-0.25, -0.2) is 5.43 Å². The smallest absolute Gasteiger partial charge is 0.305 e. The van der Waals surface area contributed by atoms with Gasteiger partial charge >= 0.3 is 5.91 Å². The minimum absolute atomic E-state index is 0.0871. The van der Waals surface area contributed by atoms with Crippen molar-refractivity contribution in [3.05, 3.63) is 88.4 Å². The van der Waals surface area contributed by atoms with Crippen molar-refractivity contribution in [3.63, 3.8) is 0 Å². The van der Waals surface area contributed by atoms with Gasteiger partial charge in [-0.3, -0.25) is 25.2 Å². The number of fused-ring (bicyclic) bond motifs is 1. The highest BCUT2D eigenvalue weighted by molar-refractivity contribution is 6.07. The molecule has 0 atom stereocenters. The number of carbonyl (C=O) groups is 3. The molecule has 0 aliphatic heterocycles. The molecule has 9 heteroatoms. The van der Waals surface area contributed by atoms with Crippen LogP contribution < -0.4 is 21.0 Å². The third-order valence-corrected chi connectivity index (χ3v) is 5.50. The van der Waals surface area contributed by atoms with Gasteiger partial charge in [-0.05, 0) is 56.2 Å². The first kappa shape index (κ1) is 22.8. The van der Waals surface area contributed by atoms with Crippen LogP contribution in [0.3, 0.4) is 0 Å². The van der Waals surface area contributed by atoms with Crippen molar-refractivity contribution in [2.24, 2.45) is 5.10 Å². The number of nitrogens with zero attached hydrogens (tertiary/aromatic N) is 1. The number of furan rings is 1. The minimum atomic E-state index is -0.582. The van der Waals surface area contributed by atoms with E-state index in [0.29, 0.717) is 52.3 Å². The average molecular weight is 460 g/mol. The molecule has 2 aromatic carbocycles. The lowest BCUT2D eigenvalue weighted by atomic mass is 9.93. The highest BCUT2D eigenvalue weighted by Gasteiger charge is 2.28. The molecule has 9 nitrogen and oxygen atoms in total. The van der Waals surface area contributed by atoms with Crippen LogP contribution in [0.5, 0.6) is 5.75 Å². The van der Waals surface area contributed by atoms with Gasteiger partial charge in [0.1, 0.15) is 11.5 Å². The standard InChI is InChI=1S/C25H24N4O5/c1-15-21-19(26-27-23(30)16-7-4-3-5-8-16)9-6-10-20(21)34-22(15)25(32)29-28-24(31)17-11-13-18(33-2)14-12-17/h3-5,7-8,11-14H,6,9-10H2,1-2H3,(H,27,30)(H,28,31)(H,29,32)/b26-19+. The molecule has 1 aliphatic carbocycles. The SMILES string of the molecule is COc1ccc(C(=O)NNC(=O)c2oc3c(c2C)/C(=N/NC(=O)c2ccccc2)CCC3)cc1. The van der Waals surface area contributed by atoms with Gasteiger partial charge < -0.3 is 9.15 Å². The van der Waals surface area contributed by atoms with E-state index < -0.39 is 11.8 Å². The average Bonchev–Trinajstić information content (AvgIpc) is 3.23. The number of amides is 3. The van der Waals surface area contributed by atoms with Crippen molar-refractivity contribution in [3.8, 4) is 5.75 Å². The zero-order valence-corrected chi connectivity index (χ0v) is 18.8. The van der Waals surface area contributed by atoms with E-state index in [0.717, 1.165) is 6.42 Å². The summed E-state index contributed by atoms with van der Waals surface area (Å²) < 4.78 is 10.9. The lowest BCUT2D eigenvalue weighted by Crippen LogP contribution is -2.41. The molecule has 3 N–H and O–H groups in total. The summed E-state index contributed by atoms with van der Waals surface area (Å²) in [7, 11) is 1.54. The minimum Gasteiger partial charge on any atom is -0.497 e. The van der Waals surface area contributed by atoms with E-state index >= 15 is 0 Å². The lowest BCUT2D eigenvalue weighted by Gasteiger charge is -2.13. The molecule has 1 aliphatic rings. The van der Waals surface area contributed by atoms with Crippen LogP contribution in [0, 0.1) is 6.92 Å². The Morgan fingerprint density at radius 1 is 0.882 bits per heavy atom. The van der Waals surface area contributed by atoms with Crippen LogP contribution in [-0.2, 0) is 6.42 Å². The monoisotopic (exact) mass is 460 g/mol. The number of hydrogen-bond acceptors (Lipinski definition) is 6. The fraction of sp³-hybridized carbons (Fsp3) is 0.200. The van der Waals surface area contributed by atoms with Crippen LogP contribution in [0.25, 0.3) is 0 Å². The summed E-state index contributed by atoms with van der Waals surface area (Å²) in [6, 6.07) is 15.3. The molecule has 0 spiro atoms. The van der Waals surface area contributed by atoms with Crippen molar-refractivity contribution in [2.75, 3.05) is 7.11 Å². The summed E-state index contributed by atoms with van der Waals surface area (Å²) in [4.78, 5) is 37.4. The first-order valence-corrected chi connectivity index (χ1v) is 10.8. The van der Waals surface area contributed by atoms with Crippen LogP contribution >= 0.6 is 0 Å². The number of carbonyl (C=O) groups excluding carboxylic acids is 3. The largest absolute Gasteiger partial charge is 0.497 e. The maximum absolute atomic E-state index is 12.7. The summed E-state index contributed by atoms with van der Waals surface area (Å²) in [6.45, 7) is 1.75. The number of aryl methyl sites for hydroxylation is 1. The predicted octanol–water partition coefficient (Wildman–Crippen LogP) is 3.14. The van der Waals surface area contributed by atoms with E-state index in [4.69, 9.17) is 9.15 Å². The molecule has 0 saturated carbocycles. The van der Waals surface area contributed by atoms with Crippen molar-refractivity contribution in [1.29, 1.82) is 0 Å². The molecule has 0 radical (unpaired) electrons. The van der Waals surface area contributed by atoms with E-state index in [-0.39, 0.29) is 11.7 Å². The number of methoxy groups -OCH3 is 1. The molecular formula is C25H24N4O5. The zero-order chi connectivity index (χ0) is 24.1. The first-order chi connectivity index (χ1) is 16.5. The molecule has 3 aromatic rings. The Hall–Kier alpha value is -4.40. The van der Waals surface area contributed by atoms with Crippen molar-refractivity contribution >= 4 is 23.4 Å².